The third kappa shape index (κ3) is 4.66. The first-order valence-electron chi connectivity index (χ1n) is 10.1. The Morgan fingerprint density at radius 2 is 1.97 bits per heavy atom. The second kappa shape index (κ2) is 8.83. The van der Waals surface area contributed by atoms with Crippen molar-refractivity contribution in [1.29, 1.82) is 5.26 Å². The van der Waals surface area contributed by atoms with Crippen LogP contribution in [0.3, 0.4) is 0 Å². The maximum atomic E-state index is 14.0. The molecule has 1 fully saturated rings. The lowest BCUT2D eigenvalue weighted by molar-refractivity contribution is -0.157. The van der Waals surface area contributed by atoms with Crippen molar-refractivity contribution < 1.29 is 23.6 Å². The second-order valence-electron chi connectivity index (χ2n) is 8.40. The van der Waals surface area contributed by atoms with Crippen molar-refractivity contribution in [2.24, 2.45) is 5.92 Å². The van der Waals surface area contributed by atoms with Crippen molar-refractivity contribution in [3.8, 4) is 6.07 Å². The van der Waals surface area contributed by atoms with Crippen LogP contribution in [0.15, 0.2) is 18.2 Å². The number of carbonyl (C=O) groups excluding carboxylic acids is 2. The van der Waals surface area contributed by atoms with Gasteiger partial charge in [0, 0.05) is 13.0 Å². The molecule has 2 aliphatic rings. The Kier molecular flexibility index (Phi) is 6.55. The van der Waals surface area contributed by atoms with Crippen molar-refractivity contribution in [3.63, 3.8) is 0 Å². The molecule has 2 heterocycles. The number of piperidine rings is 1. The fraction of sp³-hybridized carbons (Fsp3) is 0.500. The highest BCUT2D eigenvalue weighted by atomic mass is 19.3. The van der Waals surface area contributed by atoms with Gasteiger partial charge in [-0.3, -0.25) is 19.7 Å². The highest BCUT2D eigenvalue weighted by molar-refractivity contribution is 5.96. The number of Topliss-reactive ketones (excluding diaryl/α,β-unsaturated/α-hetero) is 1. The van der Waals surface area contributed by atoms with Gasteiger partial charge in [-0.15, -0.1) is 0 Å². The number of carbonyl (C=O) groups is 2. The Hall–Kier alpha value is -2.67. The molecule has 9 heteroatoms. The quantitative estimate of drug-likeness (QED) is 0.496. The van der Waals surface area contributed by atoms with E-state index < -0.39 is 42.8 Å². The molecule has 3 atom stereocenters. The third-order valence-corrected chi connectivity index (χ3v) is 6.09. The predicted octanol–water partition coefficient (Wildman–Crippen LogP) is 1.95. The van der Waals surface area contributed by atoms with Crippen LogP contribution in [0.1, 0.15) is 35.1 Å². The summed E-state index contributed by atoms with van der Waals surface area (Å²) in [5.41, 5.74) is 5.55. The summed E-state index contributed by atoms with van der Waals surface area (Å²) in [4.78, 5) is 26.6. The second-order valence-corrected chi connectivity index (χ2v) is 8.40. The summed E-state index contributed by atoms with van der Waals surface area (Å²) in [6.07, 6.45) is 1.49. The molecule has 0 bridgehead atoms. The summed E-state index contributed by atoms with van der Waals surface area (Å²) in [7, 11) is 1.39. The molecule has 1 saturated heterocycles. The lowest BCUT2D eigenvalue weighted by Gasteiger charge is -2.42. The first kappa shape index (κ1) is 23.0. The number of halogens is 2. The largest absolute Gasteiger partial charge is 0.304 e. The minimum atomic E-state index is -3.13. The molecule has 0 saturated carbocycles. The van der Waals surface area contributed by atoms with Crippen molar-refractivity contribution in [2.45, 2.75) is 44.7 Å². The van der Waals surface area contributed by atoms with Gasteiger partial charge in [-0.2, -0.15) is 5.26 Å². The van der Waals surface area contributed by atoms with E-state index in [1.54, 1.807) is 0 Å². The number of likely N-dealkylation sites (tertiary alicyclic amines) is 1. The molecule has 1 aromatic carbocycles. The standard InChI is InChI=1S/C22H26F2N4O3/c1-12-6-15(7-13(2)17(12)10-25)14-4-5-26-18(8-14)20(29)19-16(21(30)27-31)9-22(23,24)11-28(19)3/h4,6-7,16,18-19,26,31H,5,8-9,11H2,1-3H3,(H,27,30)/t16-,18?,19-/m0/s1. The zero-order valence-corrected chi connectivity index (χ0v) is 17.7. The number of nitrogens with one attached hydrogen (secondary N) is 2. The van der Waals surface area contributed by atoms with Gasteiger partial charge in [-0.25, -0.2) is 14.3 Å². The number of amides is 1. The van der Waals surface area contributed by atoms with Crippen LogP contribution in [0.25, 0.3) is 5.57 Å². The summed E-state index contributed by atoms with van der Waals surface area (Å²) in [5.74, 6) is -5.85. The topological polar surface area (TPSA) is 105 Å². The number of hydrogen-bond acceptors (Lipinski definition) is 6. The lowest BCUT2D eigenvalue weighted by atomic mass is 9.80. The first-order valence-corrected chi connectivity index (χ1v) is 10.1. The smallest absolute Gasteiger partial charge is 0.261 e. The molecule has 3 N–H and O–H groups in total. The predicted molar refractivity (Wildman–Crippen MR) is 109 cm³/mol. The molecular weight excluding hydrogens is 406 g/mol. The summed E-state index contributed by atoms with van der Waals surface area (Å²) < 4.78 is 28.1. The zero-order chi connectivity index (χ0) is 22.9. The van der Waals surface area contributed by atoms with Crippen molar-refractivity contribution in [1.82, 2.24) is 15.7 Å². The summed E-state index contributed by atoms with van der Waals surface area (Å²) >= 11 is 0. The molecule has 1 aromatic rings. The highest BCUT2D eigenvalue weighted by Gasteiger charge is 2.51. The molecule has 2 aliphatic heterocycles. The van der Waals surface area contributed by atoms with Gasteiger partial charge < -0.3 is 5.32 Å². The highest BCUT2D eigenvalue weighted by Crippen LogP contribution is 2.36. The van der Waals surface area contributed by atoms with E-state index in [4.69, 9.17) is 5.21 Å². The van der Waals surface area contributed by atoms with Gasteiger partial charge in [0.25, 0.3) is 5.92 Å². The number of hydrogen-bond donors (Lipinski definition) is 3. The van der Waals surface area contributed by atoms with Crippen LogP contribution in [0.4, 0.5) is 8.78 Å². The van der Waals surface area contributed by atoms with Crippen LogP contribution >= 0.6 is 0 Å². The monoisotopic (exact) mass is 432 g/mol. The number of ketones is 1. The van der Waals surface area contributed by atoms with Gasteiger partial charge in [0.15, 0.2) is 5.78 Å². The Labute approximate surface area is 179 Å². The molecule has 0 aliphatic carbocycles. The number of likely N-dealkylation sites (N-methyl/N-ethyl adjacent to an activating group) is 1. The van der Waals surface area contributed by atoms with Gasteiger partial charge in [0.2, 0.25) is 5.91 Å². The number of alkyl halides is 2. The van der Waals surface area contributed by atoms with E-state index in [0.717, 1.165) is 22.3 Å². The van der Waals surface area contributed by atoms with Crippen molar-refractivity contribution in [2.75, 3.05) is 20.1 Å². The van der Waals surface area contributed by atoms with E-state index in [2.05, 4.69) is 11.4 Å². The van der Waals surface area contributed by atoms with Gasteiger partial charge >= 0.3 is 0 Å². The number of nitriles is 1. The first-order chi connectivity index (χ1) is 14.6. The van der Waals surface area contributed by atoms with E-state index >= 15 is 0 Å². The number of nitrogens with zero attached hydrogens (tertiary/aromatic N) is 2. The number of benzene rings is 1. The van der Waals surface area contributed by atoms with Crippen LogP contribution in [0, 0.1) is 31.1 Å². The molecule has 31 heavy (non-hydrogen) atoms. The van der Waals surface area contributed by atoms with Crippen LogP contribution < -0.4 is 10.8 Å². The lowest BCUT2D eigenvalue weighted by Crippen LogP contribution is -2.62. The number of hydroxylamine groups is 1. The molecule has 1 unspecified atom stereocenters. The van der Waals surface area contributed by atoms with Gasteiger partial charge in [0.05, 0.1) is 36.2 Å². The molecule has 7 nitrogen and oxygen atoms in total. The van der Waals surface area contributed by atoms with Crippen LogP contribution in [-0.2, 0) is 9.59 Å². The fourth-order valence-corrected chi connectivity index (χ4v) is 4.67. The van der Waals surface area contributed by atoms with Gasteiger partial charge in [-0.05, 0) is 49.6 Å². The molecule has 166 valence electrons. The van der Waals surface area contributed by atoms with E-state index in [1.165, 1.54) is 17.4 Å². The van der Waals surface area contributed by atoms with E-state index in [-0.39, 0.29) is 5.78 Å². The molecular formula is C22H26F2N4O3. The fourth-order valence-electron chi connectivity index (χ4n) is 4.67. The summed E-state index contributed by atoms with van der Waals surface area (Å²) in [6, 6.07) is 4.25. The van der Waals surface area contributed by atoms with E-state index in [1.807, 2.05) is 32.1 Å². The number of rotatable bonds is 4. The van der Waals surface area contributed by atoms with Crippen LogP contribution in [0.2, 0.25) is 0 Å². The summed E-state index contributed by atoms with van der Waals surface area (Å²) in [6.45, 7) is 3.48. The third-order valence-electron chi connectivity index (χ3n) is 6.09. The van der Waals surface area contributed by atoms with Gasteiger partial charge in [-0.1, -0.05) is 18.2 Å². The van der Waals surface area contributed by atoms with E-state index in [0.29, 0.717) is 18.5 Å². The molecule has 0 aromatic heterocycles. The minimum absolute atomic E-state index is 0.331. The average Bonchev–Trinajstić information content (AvgIpc) is 2.71. The Morgan fingerprint density at radius 3 is 2.55 bits per heavy atom. The Bertz CT molecular complexity index is 947. The minimum Gasteiger partial charge on any atom is -0.304 e. The maximum Gasteiger partial charge on any atom is 0.261 e. The maximum absolute atomic E-state index is 14.0. The number of aryl methyl sites for hydroxylation is 2. The summed E-state index contributed by atoms with van der Waals surface area (Å²) in [5, 5.41) is 21.4. The van der Waals surface area contributed by atoms with Crippen molar-refractivity contribution in [3.05, 3.63) is 40.5 Å². The SMILES string of the molecule is Cc1cc(C2=CCNC(C(=O)[C@@H]3[C@@H](C(=O)NO)CC(F)(F)CN3C)C2)cc(C)c1C#N. The molecule has 1 amide bonds. The Morgan fingerprint density at radius 1 is 1.32 bits per heavy atom. The van der Waals surface area contributed by atoms with E-state index in [9.17, 15) is 23.6 Å². The van der Waals surface area contributed by atoms with Crippen molar-refractivity contribution >= 4 is 17.3 Å². The molecule has 0 radical (unpaired) electrons. The average molecular weight is 432 g/mol. The van der Waals surface area contributed by atoms with Crippen LogP contribution in [-0.4, -0.2) is 59.9 Å². The Balaban J connectivity index is 1.85. The zero-order valence-electron chi connectivity index (χ0n) is 17.7. The van der Waals surface area contributed by atoms with Crippen LogP contribution in [0.5, 0.6) is 0 Å². The normalized spacial score (nSPS) is 26.0. The molecule has 0 spiro atoms. The molecule has 3 rings (SSSR count). The van der Waals surface area contributed by atoms with Gasteiger partial charge in [0.1, 0.15) is 0 Å².